The van der Waals surface area contributed by atoms with E-state index in [0.717, 1.165) is 11.8 Å². The minimum atomic E-state index is 0.571. The zero-order valence-electron chi connectivity index (χ0n) is 11.4. The Morgan fingerprint density at radius 2 is 2.12 bits per heavy atom. The van der Waals surface area contributed by atoms with Crippen LogP contribution in [0.25, 0.3) is 0 Å². The zero-order valence-corrected chi connectivity index (χ0v) is 12.2. The molecule has 2 nitrogen and oxygen atoms in total. The van der Waals surface area contributed by atoms with E-state index >= 15 is 0 Å². The molecule has 1 aliphatic heterocycles. The van der Waals surface area contributed by atoms with Crippen LogP contribution in [0.5, 0.6) is 0 Å². The number of hydrogen-bond acceptors (Lipinski definition) is 3. The van der Waals surface area contributed by atoms with Crippen LogP contribution in [0, 0.1) is 11.8 Å². The third-order valence-corrected chi connectivity index (χ3v) is 4.97. The van der Waals surface area contributed by atoms with Gasteiger partial charge in [0.2, 0.25) is 0 Å². The summed E-state index contributed by atoms with van der Waals surface area (Å²) in [6.45, 7) is 6.87. The molecule has 3 unspecified atom stereocenters. The van der Waals surface area contributed by atoms with E-state index < -0.39 is 0 Å². The zero-order chi connectivity index (χ0) is 12.3. The summed E-state index contributed by atoms with van der Waals surface area (Å²) in [5.41, 5.74) is 0. The fraction of sp³-hybridized carbons (Fsp3) is 0.929. The van der Waals surface area contributed by atoms with Crippen molar-refractivity contribution in [1.82, 2.24) is 5.32 Å². The van der Waals surface area contributed by atoms with E-state index in [0.29, 0.717) is 12.1 Å². The van der Waals surface area contributed by atoms with Gasteiger partial charge in [0, 0.05) is 11.8 Å². The second-order valence-electron chi connectivity index (χ2n) is 6.02. The molecule has 2 aliphatic rings. The number of thioether (sulfide) groups is 1. The van der Waals surface area contributed by atoms with Gasteiger partial charge in [-0.1, -0.05) is 32.0 Å². The maximum absolute atomic E-state index is 4.88. The second-order valence-corrected chi connectivity index (χ2v) is 7.03. The highest BCUT2D eigenvalue weighted by molar-refractivity contribution is 8.13. The molecule has 0 aromatic rings. The molecule has 0 aromatic heterocycles. The van der Waals surface area contributed by atoms with E-state index in [1.807, 2.05) is 11.8 Å². The van der Waals surface area contributed by atoms with Crippen LogP contribution >= 0.6 is 11.8 Å². The van der Waals surface area contributed by atoms with Crippen LogP contribution in [0.3, 0.4) is 0 Å². The number of nitrogens with zero attached hydrogens (tertiary/aromatic N) is 1. The average molecular weight is 254 g/mol. The van der Waals surface area contributed by atoms with Crippen LogP contribution in [0.2, 0.25) is 0 Å². The first-order valence-electron chi connectivity index (χ1n) is 7.12. The number of hydrogen-bond donors (Lipinski definition) is 1. The van der Waals surface area contributed by atoms with Gasteiger partial charge >= 0.3 is 0 Å². The quantitative estimate of drug-likeness (QED) is 0.828. The summed E-state index contributed by atoms with van der Waals surface area (Å²) in [7, 11) is 0. The molecule has 1 N–H and O–H groups in total. The molecule has 0 aromatic carbocycles. The Morgan fingerprint density at radius 1 is 1.29 bits per heavy atom. The molecule has 1 fully saturated rings. The van der Waals surface area contributed by atoms with Gasteiger partial charge in [0.1, 0.15) is 0 Å². The van der Waals surface area contributed by atoms with Gasteiger partial charge in [-0.15, -0.1) is 0 Å². The molecule has 0 saturated heterocycles. The second kappa shape index (κ2) is 6.12. The van der Waals surface area contributed by atoms with Crippen molar-refractivity contribution < 1.29 is 0 Å². The molecule has 1 aliphatic carbocycles. The average Bonchev–Trinajstić information content (AvgIpc) is 2.73. The van der Waals surface area contributed by atoms with Crippen molar-refractivity contribution in [3.63, 3.8) is 0 Å². The molecule has 1 saturated carbocycles. The van der Waals surface area contributed by atoms with Crippen LogP contribution in [0.1, 0.15) is 52.9 Å². The van der Waals surface area contributed by atoms with Gasteiger partial charge in [-0.2, -0.15) is 0 Å². The molecule has 3 atom stereocenters. The van der Waals surface area contributed by atoms with Crippen molar-refractivity contribution in [3.8, 4) is 0 Å². The summed E-state index contributed by atoms with van der Waals surface area (Å²) in [5, 5.41) is 4.81. The van der Waals surface area contributed by atoms with Gasteiger partial charge in [-0.3, -0.25) is 4.99 Å². The largest absolute Gasteiger partial charge is 0.362 e. The highest BCUT2D eigenvalue weighted by atomic mass is 32.2. The topological polar surface area (TPSA) is 24.4 Å². The van der Waals surface area contributed by atoms with E-state index in [1.54, 1.807) is 0 Å². The number of amidine groups is 1. The summed E-state index contributed by atoms with van der Waals surface area (Å²) in [6.07, 6.45) is 6.66. The van der Waals surface area contributed by atoms with Crippen molar-refractivity contribution in [3.05, 3.63) is 0 Å². The molecule has 98 valence electrons. The predicted molar refractivity (Wildman–Crippen MR) is 77.7 cm³/mol. The van der Waals surface area contributed by atoms with Gasteiger partial charge in [0.05, 0.1) is 6.04 Å². The van der Waals surface area contributed by atoms with Crippen LogP contribution in [-0.4, -0.2) is 23.0 Å². The lowest BCUT2D eigenvalue weighted by atomic mass is 10.0. The van der Waals surface area contributed by atoms with Crippen LogP contribution < -0.4 is 5.32 Å². The maximum Gasteiger partial charge on any atom is 0.157 e. The molecule has 3 heteroatoms. The van der Waals surface area contributed by atoms with Crippen molar-refractivity contribution >= 4 is 16.9 Å². The number of nitrogens with one attached hydrogen (secondary N) is 1. The smallest absolute Gasteiger partial charge is 0.157 e. The van der Waals surface area contributed by atoms with E-state index in [9.17, 15) is 0 Å². The summed E-state index contributed by atoms with van der Waals surface area (Å²) in [4.78, 5) is 4.88. The first-order chi connectivity index (χ1) is 8.15. The maximum atomic E-state index is 4.88. The Bertz CT molecular complexity index is 275. The number of rotatable bonds is 4. The van der Waals surface area contributed by atoms with Gasteiger partial charge in [-0.05, 0) is 44.4 Å². The van der Waals surface area contributed by atoms with Gasteiger partial charge in [0.25, 0.3) is 0 Å². The summed E-state index contributed by atoms with van der Waals surface area (Å²) < 4.78 is 0. The predicted octanol–water partition coefficient (Wildman–Crippen LogP) is 3.67. The lowest BCUT2D eigenvalue weighted by Crippen LogP contribution is -2.35. The van der Waals surface area contributed by atoms with E-state index in [4.69, 9.17) is 4.99 Å². The monoisotopic (exact) mass is 254 g/mol. The normalized spacial score (nSPS) is 30.0. The van der Waals surface area contributed by atoms with E-state index in [-0.39, 0.29) is 0 Å². The van der Waals surface area contributed by atoms with E-state index in [1.165, 1.54) is 43.0 Å². The molecular formula is C14H26N2S. The Labute approximate surface area is 110 Å². The summed E-state index contributed by atoms with van der Waals surface area (Å²) in [6, 6.07) is 1.21. The lowest BCUT2D eigenvalue weighted by Gasteiger charge is -2.25. The standard InChI is InChI=1S/C14H26N2S/c1-10(2)7-8-11(3)15-14-16-13-6-4-5-12(13)9-17-14/h10-13H,4-9H2,1-3H3,(H,15,16). The van der Waals surface area contributed by atoms with Gasteiger partial charge < -0.3 is 5.32 Å². The summed E-state index contributed by atoms with van der Waals surface area (Å²) in [5.74, 6) is 2.96. The van der Waals surface area contributed by atoms with Crippen molar-refractivity contribution in [2.24, 2.45) is 16.8 Å². The lowest BCUT2D eigenvalue weighted by molar-refractivity contribution is 0.489. The number of aliphatic imine (C=N–C) groups is 1. The van der Waals surface area contributed by atoms with Gasteiger partial charge in [0.15, 0.2) is 5.17 Å². The molecule has 0 spiro atoms. The fourth-order valence-corrected chi connectivity index (χ4v) is 3.96. The van der Waals surface area contributed by atoms with Crippen molar-refractivity contribution in [2.75, 3.05) is 5.75 Å². The third kappa shape index (κ3) is 3.90. The minimum Gasteiger partial charge on any atom is -0.362 e. The Balaban J connectivity index is 1.78. The molecule has 17 heavy (non-hydrogen) atoms. The highest BCUT2D eigenvalue weighted by Crippen LogP contribution is 2.35. The molecule has 0 amide bonds. The van der Waals surface area contributed by atoms with Crippen LogP contribution in [0.15, 0.2) is 4.99 Å². The molecule has 0 radical (unpaired) electrons. The first kappa shape index (κ1) is 13.3. The summed E-state index contributed by atoms with van der Waals surface area (Å²) >= 11 is 1.94. The molecule has 0 bridgehead atoms. The Hall–Kier alpha value is -0.180. The Kier molecular flexibility index (Phi) is 4.78. The third-order valence-electron chi connectivity index (χ3n) is 3.88. The SMILES string of the molecule is CC(C)CCC(C)NC1=NC2CCCC2CS1. The minimum absolute atomic E-state index is 0.571. The molecule has 2 rings (SSSR count). The van der Waals surface area contributed by atoms with Gasteiger partial charge in [-0.25, -0.2) is 0 Å². The van der Waals surface area contributed by atoms with Crippen LogP contribution in [-0.2, 0) is 0 Å². The van der Waals surface area contributed by atoms with E-state index in [2.05, 4.69) is 26.1 Å². The van der Waals surface area contributed by atoms with Crippen molar-refractivity contribution in [1.29, 1.82) is 0 Å². The molecular weight excluding hydrogens is 228 g/mol. The van der Waals surface area contributed by atoms with Crippen LogP contribution in [0.4, 0.5) is 0 Å². The molecule has 1 heterocycles. The van der Waals surface area contributed by atoms with Crippen molar-refractivity contribution in [2.45, 2.75) is 65.0 Å². The number of fused-ring (bicyclic) bond motifs is 1. The fourth-order valence-electron chi connectivity index (χ4n) is 2.70. The Morgan fingerprint density at radius 3 is 2.88 bits per heavy atom. The first-order valence-corrected chi connectivity index (χ1v) is 8.11. The highest BCUT2D eigenvalue weighted by Gasteiger charge is 2.31.